The number of nitrogens with one attached hydrogen (secondary N) is 1. The Hall–Kier alpha value is -3.15. The number of nitrogens with zero attached hydrogens (tertiary/aromatic N) is 3. The van der Waals surface area contributed by atoms with E-state index in [2.05, 4.69) is 15.3 Å². The number of hydrogen-bond acceptors (Lipinski definition) is 4. The molecular formula is C19H20N4O2. The quantitative estimate of drug-likeness (QED) is 0.751. The van der Waals surface area contributed by atoms with Crippen LogP contribution in [0.5, 0.6) is 5.75 Å². The molecule has 6 nitrogen and oxygen atoms in total. The van der Waals surface area contributed by atoms with Crippen LogP contribution in [0, 0.1) is 13.8 Å². The molecule has 0 spiro atoms. The number of carbonyl (C=O) groups excluding carboxylic acids is 1. The van der Waals surface area contributed by atoms with Gasteiger partial charge in [-0.05, 0) is 43.2 Å². The van der Waals surface area contributed by atoms with Crippen LogP contribution in [-0.4, -0.2) is 27.0 Å². The highest BCUT2D eigenvalue weighted by Gasteiger charge is 2.05. The van der Waals surface area contributed by atoms with Gasteiger partial charge in [0.05, 0.1) is 0 Å². The van der Waals surface area contributed by atoms with Crippen LogP contribution < -0.4 is 10.1 Å². The largest absolute Gasteiger partial charge is 0.484 e. The summed E-state index contributed by atoms with van der Waals surface area (Å²) in [6.07, 6.45) is 5.34. The van der Waals surface area contributed by atoms with Crippen molar-refractivity contribution in [1.29, 1.82) is 0 Å². The highest BCUT2D eigenvalue weighted by Crippen LogP contribution is 2.12. The lowest BCUT2D eigenvalue weighted by Gasteiger charge is -2.09. The molecule has 0 saturated carbocycles. The summed E-state index contributed by atoms with van der Waals surface area (Å²) in [7, 11) is 0. The Bertz CT molecular complexity index is 856. The Morgan fingerprint density at radius 1 is 1.20 bits per heavy atom. The van der Waals surface area contributed by atoms with Gasteiger partial charge in [0.2, 0.25) is 0 Å². The van der Waals surface area contributed by atoms with Gasteiger partial charge < -0.3 is 10.1 Å². The second-order valence-corrected chi connectivity index (χ2v) is 5.75. The first-order valence-corrected chi connectivity index (χ1v) is 8.03. The molecule has 0 saturated heterocycles. The fourth-order valence-corrected chi connectivity index (χ4v) is 2.39. The van der Waals surface area contributed by atoms with Crippen molar-refractivity contribution in [1.82, 2.24) is 19.9 Å². The van der Waals surface area contributed by atoms with E-state index in [0.717, 1.165) is 22.8 Å². The van der Waals surface area contributed by atoms with Crippen molar-refractivity contribution in [3.05, 3.63) is 71.9 Å². The van der Waals surface area contributed by atoms with Gasteiger partial charge in [0.15, 0.2) is 6.61 Å². The zero-order valence-electron chi connectivity index (χ0n) is 14.3. The number of aromatic nitrogens is 3. The van der Waals surface area contributed by atoms with Gasteiger partial charge in [-0.3, -0.25) is 9.36 Å². The zero-order chi connectivity index (χ0) is 17.6. The minimum Gasteiger partial charge on any atom is -0.484 e. The van der Waals surface area contributed by atoms with Gasteiger partial charge in [-0.1, -0.05) is 18.2 Å². The first kappa shape index (κ1) is 16.7. The molecule has 0 radical (unpaired) electrons. The monoisotopic (exact) mass is 336 g/mol. The molecule has 0 unspecified atom stereocenters. The van der Waals surface area contributed by atoms with Crippen LogP contribution in [0.2, 0.25) is 0 Å². The van der Waals surface area contributed by atoms with Gasteiger partial charge in [0.25, 0.3) is 5.91 Å². The number of ether oxygens (including phenoxy) is 1. The molecule has 0 aliphatic rings. The van der Waals surface area contributed by atoms with Crippen LogP contribution >= 0.6 is 0 Å². The van der Waals surface area contributed by atoms with Crippen molar-refractivity contribution in [2.45, 2.75) is 20.4 Å². The highest BCUT2D eigenvalue weighted by molar-refractivity contribution is 5.77. The lowest BCUT2D eigenvalue weighted by molar-refractivity contribution is -0.123. The second-order valence-electron chi connectivity index (χ2n) is 5.75. The molecule has 0 aliphatic heterocycles. The third-order valence-electron chi connectivity index (χ3n) is 3.73. The van der Waals surface area contributed by atoms with Crippen LogP contribution in [0.4, 0.5) is 0 Å². The molecule has 6 heteroatoms. The number of rotatable bonds is 6. The molecule has 1 aromatic carbocycles. The van der Waals surface area contributed by atoms with E-state index in [1.54, 1.807) is 12.4 Å². The SMILES string of the molecule is Cc1cccc(OCC(=O)NCc2ccc(-n3ccnc3C)nc2)c1. The van der Waals surface area contributed by atoms with Gasteiger partial charge in [-0.2, -0.15) is 0 Å². The Morgan fingerprint density at radius 3 is 2.76 bits per heavy atom. The van der Waals surface area contributed by atoms with E-state index < -0.39 is 0 Å². The van der Waals surface area contributed by atoms with Gasteiger partial charge in [-0.25, -0.2) is 9.97 Å². The van der Waals surface area contributed by atoms with Crippen LogP contribution in [-0.2, 0) is 11.3 Å². The Morgan fingerprint density at radius 2 is 2.08 bits per heavy atom. The summed E-state index contributed by atoms with van der Waals surface area (Å²) in [5, 5.41) is 2.83. The first-order chi connectivity index (χ1) is 12.1. The maximum Gasteiger partial charge on any atom is 0.258 e. The van der Waals surface area contributed by atoms with Gasteiger partial charge in [0, 0.05) is 25.1 Å². The minimum absolute atomic E-state index is 0.0107. The summed E-state index contributed by atoms with van der Waals surface area (Å²) < 4.78 is 7.38. The van der Waals surface area contributed by atoms with E-state index in [9.17, 15) is 4.79 Å². The maximum absolute atomic E-state index is 11.9. The molecule has 3 aromatic rings. The molecule has 128 valence electrons. The van der Waals surface area contributed by atoms with Crippen molar-refractivity contribution < 1.29 is 9.53 Å². The van der Waals surface area contributed by atoms with Crippen LogP contribution in [0.25, 0.3) is 5.82 Å². The molecule has 0 bridgehead atoms. The average molecular weight is 336 g/mol. The van der Waals surface area contributed by atoms with Crippen molar-refractivity contribution in [2.75, 3.05) is 6.61 Å². The second kappa shape index (κ2) is 7.61. The Kier molecular flexibility index (Phi) is 5.09. The number of benzene rings is 1. The molecule has 25 heavy (non-hydrogen) atoms. The predicted octanol–water partition coefficient (Wildman–Crippen LogP) is 2.58. The molecule has 1 N–H and O–H groups in total. The van der Waals surface area contributed by atoms with Gasteiger partial charge in [0.1, 0.15) is 17.4 Å². The molecule has 2 heterocycles. The van der Waals surface area contributed by atoms with Crippen molar-refractivity contribution >= 4 is 5.91 Å². The number of imidazole rings is 1. The normalized spacial score (nSPS) is 10.5. The fraction of sp³-hybridized carbons (Fsp3) is 0.211. The lowest BCUT2D eigenvalue weighted by atomic mass is 10.2. The summed E-state index contributed by atoms with van der Waals surface area (Å²) >= 11 is 0. The third-order valence-corrected chi connectivity index (χ3v) is 3.73. The van der Waals surface area contributed by atoms with Crippen LogP contribution in [0.1, 0.15) is 17.0 Å². The van der Waals surface area contributed by atoms with Crippen LogP contribution in [0.15, 0.2) is 55.0 Å². The van der Waals surface area contributed by atoms with Gasteiger partial charge >= 0.3 is 0 Å². The summed E-state index contributed by atoms with van der Waals surface area (Å²) in [5.41, 5.74) is 2.02. The lowest BCUT2D eigenvalue weighted by Crippen LogP contribution is -2.28. The highest BCUT2D eigenvalue weighted by atomic mass is 16.5. The molecule has 1 amide bonds. The van der Waals surface area contributed by atoms with E-state index in [0.29, 0.717) is 12.3 Å². The summed E-state index contributed by atoms with van der Waals surface area (Å²) in [6, 6.07) is 11.4. The standard InChI is InChI=1S/C19H20N4O2/c1-14-4-3-5-17(10-14)25-13-19(24)22-12-16-6-7-18(21-11-16)23-9-8-20-15(23)2/h3-11H,12-13H2,1-2H3,(H,22,24). The fourth-order valence-electron chi connectivity index (χ4n) is 2.39. The molecule has 2 aromatic heterocycles. The molecule has 3 rings (SSSR count). The predicted molar refractivity (Wildman–Crippen MR) is 94.6 cm³/mol. The van der Waals surface area contributed by atoms with E-state index in [-0.39, 0.29) is 12.5 Å². The minimum atomic E-state index is -0.170. The maximum atomic E-state index is 11.9. The number of hydrogen-bond donors (Lipinski definition) is 1. The van der Waals surface area contributed by atoms with Crippen molar-refractivity contribution in [2.24, 2.45) is 0 Å². The molecule has 0 atom stereocenters. The topological polar surface area (TPSA) is 69.0 Å². The first-order valence-electron chi connectivity index (χ1n) is 8.03. The smallest absolute Gasteiger partial charge is 0.258 e. The zero-order valence-corrected chi connectivity index (χ0v) is 14.3. The Balaban J connectivity index is 1.49. The van der Waals surface area contributed by atoms with E-state index in [1.165, 1.54) is 0 Å². The number of aryl methyl sites for hydroxylation is 2. The van der Waals surface area contributed by atoms with E-state index >= 15 is 0 Å². The molecule has 0 fully saturated rings. The summed E-state index contributed by atoms with van der Waals surface area (Å²) in [4.78, 5) is 20.5. The number of amides is 1. The van der Waals surface area contributed by atoms with Crippen LogP contribution in [0.3, 0.4) is 0 Å². The van der Waals surface area contributed by atoms with Crippen molar-refractivity contribution in [3.8, 4) is 11.6 Å². The Labute approximate surface area is 146 Å². The van der Waals surface area contributed by atoms with Crippen molar-refractivity contribution in [3.63, 3.8) is 0 Å². The third kappa shape index (κ3) is 4.44. The summed E-state index contributed by atoms with van der Waals surface area (Å²) in [6.45, 7) is 4.30. The van der Waals surface area contributed by atoms with E-state index in [1.807, 2.05) is 61.0 Å². The van der Waals surface area contributed by atoms with E-state index in [4.69, 9.17) is 4.74 Å². The van der Waals surface area contributed by atoms with Gasteiger partial charge in [-0.15, -0.1) is 0 Å². The number of pyridine rings is 1. The molecular weight excluding hydrogens is 316 g/mol. The molecule has 0 aliphatic carbocycles. The number of carbonyl (C=O) groups is 1. The summed E-state index contributed by atoms with van der Waals surface area (Å²) in [5.74, 6) is 2.20. The average Bonchev–Trinajstić information content (AvgIpc) is 3.05.